The van der Waals surface area contributed by atoms with Crippen LogP contribution >= 0.6 is 0 Å². The molecule has 0 spiro atoms. The topological polar surface area (TPSA) is 68.8 Å². The highest BCUT2D eigenvalue weighted by Crippen LogP contribution is 2.20. The van der Waals surface area contributed by atoms with E-state index >= 15 is 0 Å². The molecule has 0 aliphatic heterocycles. The fourth-order valence-corrected chi connectivity index (χ4v) is 2.55. The molecule has 0 aliphatic rings. The lowest BCUT2D eigenvalue weighted by atomic mass is 10.1. The summed E-state index contributed by atoms with van der Waals surface area (Å²) in [4.78, 5) is 8.66. The van der Waals surface area contributed by atoms with E-state index in [0.717, 1.165) is 17.9 Å². The Bertz CT molecular complexity index is 747. The van der Waals surface area contributed by atoms with Crippen LogP contribution < -0.4 is 0 Å². The van der Waals surface area contributed by atoms with Crippen molar-refractivity contribution < 1.29 is 5.11 Å². The molecule has 6 heteroatoms. The zero-order valence-electron chi connectivity index (χ0n) is 13.4. The summed E-state index contributed by atoms with van der Waals surface area (Å²) < 4.78 is 3.82. The maximum atomic E-state index is 10.6. The lowest BCUT2D eigenvalue weighted by Crippen LogP contribution is -2.16. The molecule has 6 nitrogen and oxygen atoms in total. The predicted molar refractivity (Wildman–Crippen MR) is 86.7 cm³/mol. The molecule has 2 heterocycles. The first-order valence-corrected chi connectivity index (χ1v) is 7.76. The minimum absolute atomic E-state index is 0.493. The third-order valence-electron chi connectivity index (χ3n) is 3.65. The van der Waals surface area contributed by atoms with Crippen LogP contribution in [0.1, 0.15) is 37.2 Å². The molecule has 0 bridgehead atoms. The standard InChI is InChI=1S/C17H21N5O/c1-13(2)10-22-15(19-12-20-22)11-21-9-8-18-17(21)16(23)14-6-4-3-5-7-14/h3-9,12-13,16,23H,10-11H2,1-2H3. The first-order chi connectivity index (χ1) is 11.1. The van der Waals surface area contributed by atoms with Crippen molar-refractivity contribution in [3.8, 4) is 0 Å². The normalized spacial score (nSPS) is 12.7. The van der Waals surface area contributed by atoms with Crippen molar-refractivity contribution in [1.82, 2.24) is 24.3 Å². The summed E-state index contributed by atoms with van der Waals surface area (Å²) in [6.45, 7) is 5.65. The van der Waals surface area contributed by atoms with E-state index in [0.29, 0.717) is 18.3 Å². The van der Waals surface area contributed by atoms with E-state index in [4.69, 9.17) is 0 Å². The average Bonchev–Trinajstić information content (AvgIpc) is 3.17. The van der Waals surface area contributed by atoms with E-state index in [2.05, 4.69) is 28.9 Å². The Hall–Kier alpha value is -2.47. The van der Waals surface area contributed by atoms with Crippen LogP contribution in [0.15, 0.2) is 49.1 Å². The van der Waals surface area contributed by atoms with Crippen LogP contribution in [0.4, 0.5) is 0 Å². The van der Waals surface area contributed by atoms with Crippen molar-refractivity contribution >= 4 is 0 Å². The van der Waals surface area contributed by atoms with E-state index in [1.54, 1.807) is 12.5 Å². The quantitative estimate of drug-likeness (QED) is 0.758. The summed E-state index contributed by atoms with van der Waals surface area (Å²) in [6, 6.07) is 9.53. The maximum Gasteiger partial charge on any atom is 0.146 e. The van der Waals surface area contributed by atoms with Crippen molar-refractivity contribution in [2.75, 3.05) is 0 Å². The van der Waals surface area contributed by atoms with Gasteiger partial charge in [0.15, 0.2) is 0 Å². The molecule has 3 rings (SSSR count). The lowest BCUT2D eigenvalue weighted by Gasteiger charge is -2.14. The number of benzene rings is 1. The van der Waals surface area contributed by atoms with Gasteiger partial charge in [-0.3, -0.25) is 0 Å². The molecule has 0 aliphatic carbocycles. The highest BCUT2D eigenvalue weighted by atomic mass is 16.3. The molecule has 3 aromatic rings. The molecule has 1 aromatic carbocycles. The summed E-state index contributed by atoms with van der Waals surface area (Å²) >= 11 is 0. The molecule has 1 unspecified atom stereocenters. The third-order valence-corrected chi connectivity index (χ3v) is 3.65. The third kappa shape index (κ3) is 3.48. The first-order valence-electron chi connectivity index (χ1n) is 7.76. The number of rotatable bonds is 6. The monoisotopic (exact) mass is 311 g/mol. The van der Waals surface area contributed by atoms with Gasteiger partial charge in [-0.05, 0) is 11.5 Å². The molecule has 0 saturated carbocycles. The van der Waals surface area contributed by atoms with Gasteiger partial charge in [-0.2, -0.15) is 5.10 Å². The van der Waals surface area contributed by atoms with Gasteiger partial charge in [-0.25, -0.2) is 14.6 Å². The molecule has 0 amide bonds. The zero-order chi connectivity index (χ0) is 16.2. The molecule has 23 heavy (non-hydrogen) atoms. The Balaban J connectivity index is 1.83. The van der Waals surface area contributed by atoms with Gasteiger partial charge in [0.25, 0.3) is 0 Å². The molecular weight excluding hydrogens is 290 g/mol. The molecule has 0 radical (unpaired) electrons. The Labute approximate surface area is 135 Å². The highest BCUT2D eigenvalue weighted by molar-refractivity contribution is 5.23. The van der Waals surface area contributed by atoms with E-state index in [1.165, 1.54) is 0 Å². The van der Waals surface area contributed by atoms with Crippen LogP contribution in [-0.2, 0) is 13.1 Å². The van der Waals surface area contributed by atoms with Crippen molar-refractivity contribution in [3.05, 3.63) is 66.3 Å². The van der Waals surface area contributed by atoms with Crippen LogP contribution in [-0.4, -0.2) is 29.4 Å². The van der Waals surface area contributed by atoms with E-state index in [1.807, 2.05) is 45.8 Å². The van der Waals surface area contributed by atoms with Gasteiger partial charge in [-0.1, -0.05) is 44.2 Å². The van der Waals surface area contributed by atoms with Crippen LogP contribution in [0.2, 0.25) is 0 Å². The van der Waals surface area contributed by atoms with Gasteiger partial charge in [0.2, 0.25) is 0 Å². The molecule has 0 saturated heterocycles. The van der Waals surface area contributed by atoms with E-state index in [9.17, 15) is 5.11 Å². The minimum Gasteiger partial charge on any atom is -0.380 e. The number of aliphatic hydroxyl groups excluding tert-OH is 1. The number of hydrogen-bond acceptors (Lipinski definition) is 4. The Morgan fingerprint density at radius 1 is 1.13 bits per heavy atom. The lowest BCUT2D eigenvalue weighted by molar-refractivity contribution is 0.205. The van der Waals surface area contributed by atoms with Gasteiger partial charge in [-0.15, -0.1) is 0 Å². The van der Waals surface area contributed by atoms with Gasteiger partial charge < -0.3 is 9.67 Å². The number of aliphatic hydroxyl groups is 1. The molecule has 0 fully saturated rings. The summed E-state index contributed by atoms with van der Waals surface area (Å²) in [6.07, 6.45) is 4.37. The Morgan fingerprint density at radius 3 is 2.65 bits per heavy atom. The summed E-state index contributed by atoms with van der Waals surface area (Å²) in [7, 11) is 0. The fraction of sp³-hybridized carbons (Fsp3) is 0.353. The van der Waals surface area contributed by atoms with Crippen LogP contribution in [0.3, 0.4) is 0 Å². The highest BCUT2D eigenvalue weighted by Gasteiger charge is 2.17. The molecule has 120 valence electrons. The van der Waals surface area contributed by atoms with Crippen LogP contribution in [0.5, 0.6) is 0 Å². The van der Waals surface area contributed by atoms with E-state index < -0.39 is 6.10 Å². The average molecular weight is 311 g/mol. The fourth-order valence-electron chi connectivity index (χ4n) is 2.55. The SMILES string of the molecule is CC(C)Cn1ncnc1Cn1ccnc1C(O)c1ccccc1. The first kappa shape index (κ1) is 15.4. The summed E-state index contributed by atoms with van der Waals surface area (Å²) in [5.74, 6) is 1.96. The van der Waals surface area contributed by atoms with Crippen LogP contribution in [0.25, 0.3) is 0 Å². The van der Waals surface area contributed by atoms with Gasteiger partial charge >= 0.3 is 0 Å². The number of hydrogen-bond donors (Lipinski definition) is 1. The Kier molecular flexibility index (Phi) is 4.52. The maximum absolute atomic E-state index is 10.6. The molecule has 1 N–H and O–H groups in total. The smallest absolute Gasteiger partial charge is 0.146 e. The van der Waals surface area contributed by atoms with Crippen LogP contribution in [0, 0.1) is 5.92 Å². The number of nitrogens with zero attached hydrogens (tertiary/aromatic N) is 5. The zero-order valence-corrected chi connectivity index (χ0v) is 13.4. The predicted octanol–water partition coefficient (Wildman–Crippen LogP) is 2.26. The largest absolute Gasteiger partial charge is 0.380 e. The molecule has 2 aromatic heterocycles. The van der Waals surface area contributed by atoms with Crippen molar-refractivity contribution in [2.24, 2.45) is 5.92 Å². The Morgan fingerprint density at radius 2 is 1.91 bits per heavy atom. The number of aromatic nitrogens is 5. The van der Waals surface area contributed by atoms with Crippen molar-refractivity contribution in [1.29, 1.82) is 0 Å². The second kappa shape index (κ2) is 6.75. The van der Waals surface area contributed by atoms with Gasteiger partial charge in [0, 0.05) is 18.9 Å². The summed E-state index contributed by atoms with van der Waals surface area (Å²) in [5, 5.41) is 14.9. The van der Waals surface area contributed by atoms with Crippen molar-refractivity contribution in [3.63, 3.8) is 0 Å². The van der Waals surface area contributed by atoms with E-state index in [-0.39, 0.29) is 0 Å². The molecular formula is C17H21N5O. The minimum atomic E-state index is -0.757. The summed E-state index contributed by atoms with van der Waals surface area (Å²) in [5.41, 5.74) is 0.823. The van der Waals surface area contributed by atoms with Gasteiger partial charge in [0.05, 0.1) is 6.54 Å². The second-order valence-electron chi connectivity index (χ2n) is 5.98. The number of imidazole rings is 1. The van der Waals surface area contributed by atoms with Gasteiger partial charge in [0.1, 0.15) is 24.1 Å². The molecule has 1 atom stereocenters. The second-order valence-corrected chi connectivity index (χ2v) is 5.98. The van der Waals surface area contributed by atoms with Crippen molar-refractivity contribution in [2.45, 2.75) is 33.0 Å².